The molecule has 7 heteroatoms. The summed E-state index contributed by atoms with van der Waals surface area (Å²) < 4.78 is 49.9. The fraction of sp³-hybridized carbons (Fsp3) is 0.517. The molecule has 0 bridgehead atoms. The lowest BCUT2D eigenvalue weighted by Gasteiger charge is -2.44. The van der Waals surface area contributed by atoms with Crippen LogP contribution in [0, 0.1) is 23.0 Å². The quantitative estimate of drug-likeness (QED) is 0.426. The van der Waals surface area contributed by atoms with Crippen LogP contribution in [0.5, 0.6) is 5.75 Å². The Balaban J connectivity index is 1.48. The molecule has 1 aromatic heterocycles. The standard InChI is InChI=1S/C29H36F3N3O/c1-18-11-25-26(21-7-5-6-8-24(21)33-25)28(35(18)17-29(2,3)4)27-22(31)12-20(13-23(27)32)36-10-9-34-15-19(14-30)16-34/h5-8,12-13,18-19,28,33H,9-11,14-17H2,1-4H3/t18-,28+/m0/s1. The van der Waals surface area contributed by atoms with Crippen LogP contribution in [0.1, 0.15) is 50.6 Å². The Bertz CT molecular complexity index is 1210. The van der Waals surface area contributed by atoms with Gasteiger partial charge in [-0.25, -0.2) is 8.78 Å². The number of fused-ring (bicyclic) bond motifs is 3. The van der Waals surface area contributed by atoms with E-state index in [4.69, 9.17) is 4.74 Å². The maximum Gasteiger partial charge on any atom is 0.134 e. The van der Waals surface area contributed by atoms with Crippen LogP contribution in [0.2, 0.25) is 0 Å². The summed E-state index contributed by atoms with van der Waals surface area (Å²) in [6.07, 6.45) is 0.792. The summed E-state index contributed by atoms with van der Waals surface area (Å²) in [5.74, 6) is -0.912. The summed E-state index contributed by atoms with van der Waals surface area (Å²) in [7, 11) is 0. The van der Waals surface area contributed by atoms with Gasteiger partial charge in [0.25, 0.3) is 0 Å². The van der Waals surface area contributed by atoms with Crippen LogP contribution in [0.4, 0.5) is 13.2 Å². The van der Waals surface area contributed by atoms with Crippen LogP contribution >= 0.6 is 0 Å². The van der Waals surface area contributed by atoms with Gasteiger partial charge in [-0.15, -0.1) is 0 Å². The molecule has 2 aliphatic heterocycles. The van der Waals surface area contributed by atoms with Crippen molar-refractivity contribution in [2.75, 3.05) is 39.5 Å². The minimum absolute atomic E-state index is 0.0514. The Morgan fingerprint density at radius 1 is 1.06 bits per heavy atom. The molecule has 0 amide bonds. The number of aromatic nitrogens is 1. The highest BCUT2D eigenvalue weighted by atomic mass is 19.1. The van der Waals surface area contributed by atoms with Crippen LogP contribution in [0.25, 0.3) is 10.9 Å². The highest BCUT2D eigenvalue weighted by Gasteiger charge is 2.40. The number of nitrogens with zero attached hydrogens (tertiary/aromatic N) is 2. The predicted molar refractivity (Wildman–Crippen MR) is 137 cm³/mol. The second-order valence-electron chi connectivity index (χ2n) is 11.7. The van der Waals surface area contributed by atoms with E-state index in [-0.39, 0.29) is 35.4 Å². The van der Waals surface area contributed by atoms with Gasteiger partial charge in [0.1, 0.15) is 24.0 Å². The third-order valence-corrected chi connectivity index (χ3v) is 7.41. The maximum absolute atomic E-state index is 15.8. The second kappa shape index (κ2) is 9.75. The minimum atomic E-state index is -0.597. The van der Waals surface area contributed by atoms with Gasteiger partial charge in [-0.2, -0.15) is 0 Å². The zero-order chi connectivity index (χ0) is 25.6. The predicted octanol–water partition coefficient (Wildman–Crippen LogP) is 6.11. The van der Waals surface area contributed by atoms with E-state index in [9.17, 15) is 4.39 Å². The maximum atomic E-state index is 15.8. The number of halogens is 3. The molecular weight excluding hydrogens is 463 g/mol. The van der Waals surface area contributed by atoms with Gasteiger partial charge >= 0.3 is 0 Å². The van der Waals surface area contributed by atoms with E-state index in [1.807, 2.05) is 24.3 Å². The number of para-hydroxylation sites is 1. The zero-order valence-electron chi connectivity index (χ0n) is 21.6. The minimum Gasteiger partial charge on any atom is -0.492 e. The molecule has 3 aromatic rings. The molecule has 0 radical (unpaired) electrons. The first kappa shape index (κ1) is 25.2. The van der Waals surface area contributed by atoms with E-state index in [2.05, 4.69) is 42.5 Å². The second-order valence-corrected chi connectivity index (χ2v) is 11.7. The van der Waals surface area contributed by atoms with Crippen LogP contribution in [-0.2, 0) is 6.42 Å². The van der Waals surface area contributed by atoms with Crippen molar-refractivity contribution in [1.82, 2.24) is 14.8 Å². The van der Waals surface area contributed by atoms with Gasteiger partial charge in [0.15, 0.2) is 0 Å². The largest absolute Gasteiger partial charge is 0.492 e. The van der Waals surface area contributed by atoms with Gasteiger partial charge in [0, 0.05) is 84.4 Å². The van der Waals surface area contributed by atoms with Crippen LogP contribution in [0.3, 0.4) is 0 Å². The molecule has 3 heterocycles. The smallest absolute Gasteiger partial charge is 0.134 e. The topological polar surface area (TPSA) is 31.5 Å². The molecular formula is C29H36F3N3O. The molecule has 5 rings (SSSR count). The molecule has 2 atom stereocenters. The molecule has 36 heavy (non-hydrogen) atoms. The third kappa shape index (κ3) is 4.88. The van der Waals surface area contributed by atoms with Crippen molar-refractivity contribution in [2.24, 2.45) is 11.3 Å². The molecule has 1 N–H and O–H groups in total. The van der Waals surface area contributed by atoms with Gasteiger partial charge in [-0.1, -0.05) is 39.0 Å². The number of likely N-dealkylation sites (tertiary alicyclic amines) is 1. The number of rotatable bonds is 7. The van der Waals surface area contributed by atoms with Crippen molar-refractivity contribution in [3.05, 3.63) is 64.9 Å². The molecule has 0 saturated carbocycles. The number of alkyl halides is 1. The van der Waals surface area contributed by atoms with E-state index < -0.39 is 17.7 Å². The fourth-order valence-electron chi connectivity index (χ4n) is 5.79. The number of H-pyrrole nitrogens is 1. The highest BCUT2D eigenvalue weighted by Crippen LogP contribution is 2.45. The van der Waals surface area contributed by atoms with Crippen LogP contribution < -0.4 is 4.74 Å². The third-order valence-electron chi connectivity index (χ3n) is 7.41. The lowest BCUT2D eigenvalue weighted by atomic mass is 9.84. The summed E-state index contributed by atoms with van der Waals surface area (Å²) in [5, 5.41) is 1.00. The van der Waals surface area contributed by atoms with E-state index in [0.29, 0.717) is 32.8 Å². The molecule has 194 valence electrons. The molecule has 2 aliphatic rings. The van der Waals surface area contributed by atoms with Gasteiger partial charge < -0.3 is 9.72 Å². The first-order valence-electron chi connectivity index (χ1n) is 12.9. The normalized spacial score (nSPS) is 21.5. The highest BCUT2D eigenvalue weighted by molar-refractivity contribution is 5.86. The van der Waals surface area contributed by atoms with Crippen LogP contribution in [-0.4, -0.2) is 60.3 Å². The monoisotopic (exact) mass is 499 g/mol. The van der Waals surface area contributed by atoms with Crippen molar-refractivity contribution in [3.63, 3.8) is 0 Å². The van der Waals surface area contributed by atoms with Gasteiger partial charge in [-0.05, 0) is 18.4 Å². The van der Waals surface area contributed by atoms with E-state index in [0.717, 1.165) is 28.6 Å². The summed E-state index contributed by atoms with van der Waals surface area (Å²) >= 11 is 0. The molecule has 2 aromatic carbocycles. The average Bonchev–Trinajstić information content (AvgIpc) is 3.13. The molecule has 1 saturated heterocycles. The fourth-order valence-corrected chi connectivity index (χ4v) is 5.79. The van der Waals surface area contributed by atoms with Crippen molar-refractivity contribution in [2.45, 2.75) is 46.2 Å². The molecule has 0 spiro atoms. The Kier molecular flexibility index (Phi) is 6.81. The summed E-state index contributed by atoms with van der Waals surface area (Å²) in [5.41, 5.74) is 3.00. The molecule has 0 unspecified atom stereocenters. The summed E-state index contributed by atoms with van der Waals surface area (Å²) in [4.78, 5) is 7.84. The van der Waals surface area contributed by atoms with Gasteiger partial charge in [0.05, 0.1) is 12.7 Å². The first-order chi connectivity index (χ1) is 17.1. The lowest BCUT2D eigenvalue weighted by molar-refractivity contribution is 0.0667. The Hall–Kier alpha value is -2.51. The number of ether oxygens (including phenoxy) is 1. The van der Waals surface area contributed by atoms with Crippen molar-refractivity contribution in [1.29, 1.82) is 0 Å². The zero-order valence-corrected chi connectivity index (χ0v) is 21.6. The summed E-state index contributed by atoms with van der Waals surface area (Å²) in [6, 6.07) is 10.2. The number of nitrogens with one attached hydrogen (secondary N) is 1. The van der Waals surface area contributed by atoms with Crippen LogP contribution in [0.15, 0.2) is 36.4 Å². The lowest BCUT2D eigenvalue weighted by Crippen LogP contribution is -2.49. The van der Waals surface area contributed by atoms with Crippen molar-refractivity contribution < 1.29 is 17.9 Å². The Labute approximate surface area is 211 Å². The van der Waals surface area contributed by atoms with Crippen molar-refractivity contribution >= 4 is 10.9 Å². The van der Waals surface area contributed by atoms with Gasteiger partial charge in [0.2, 0.25) is 0 Å². The van der Waals surface area contributed by atoms with E-state index >= 15 is 8.78 Å². The molecule has 0 aliphatic carbocycles. The van der Waals surface area contributed by atoms with Gasteiger partial charge in [-0.3, -0.25) is 14.2 Å². The number of hydrogen-bond acceptors (Lipinski definition) is 3. The Morgan fingerprint density at radius 3 is 2.42 bits per heavy atom. The van der Waals surface area contributed by atoms with E-state index in [1.54, 1.807) is 0 Å². The van der Waals surface area contributed by atoms with E-state index in [1.165, 1.54) is 12.1 Å². The first-order valence-corrected chi connectivity index (χ1v) is 12.9. The van der Waals surface area contributed by atoms with Crippen molar-refractivity contribution in [3.8, 4) is 5.75 Å². The Morgan fingerprint density at radius 2 is 1.75 bits per heavy atom. The number of benzene rings is 2. The number of aromatic amines is 1. The summed E-state index contributed by atoms with van der Waals surface area (Å²) in [6.45, 7) is 11.3. The SMILES string of the molecule is C[C@H]1Cc2[nH]c3ccccc3c2[C@H](c2c(F)cc(OCCN3CC(CF)C3)cc2F)N1CC(C)(C)C. The number of hydrogen-bond donors (Lipinski definition) is 1. The molecule has 4 nitrogen and oxygen atoms in total. The molecule has 1 fully saturated rings. The average molecular weight is 500 g/mol.